The average molecular weight is 339 g/mol. The van der Waals surface area contributed by atoms with Crippen molar-refractivity contribution < 1.29 is 4.79 Å². The van der Waals surface area contributed by atoms with E-state index in [-0.39, 0.29) is 12.3 Å². The van der Waals surface area contributed by atoms with Crippen LogP contribution in [-0.2, 0) is 17.6 Å². The number of nitrogens with zero attached hydrogens (tertiary/aromatic N) is 1. The summed E-state index contributed by atoms with van der Waals surface area (Å²) in [6, 6.07) is 2.28. The monoisotopic (exact) mass is 338 g/mol. The number of amides is 1. The first-order valence-corrected chi connectivity index (χ1v) is 9.18. The number of carbonyl (C=O) groups excluding carboxylic acids is 1. The van der Waals surface area contributed by atoms with E-state index in [0.717, 1.165) is 31.2 Å². The van der Waals surface area contributed by atoms with Gasteiger partial charge in [0.1, 0.15) is 11.1 Å². The van der Waals surface area contributed by atoms with Crippen LogP contribution in [0, 0.1) is 22.7 Å². The van der Waals surface area contributed by atoms with Gasteiger partial charge < -0.3 is 5.32 Å². The molecule has 0 saturated heterocycles. The van der Waals surface area contributed by atoms with Gasteiger partial charge in [0.05, 0.1) is 5.56 Å². The molecular formula is C17H23ClN2OS. The van der Waals surface area contributed by atoms with Crippen molar-refractivity contribution in [3.05, 3.63) is 16.0 Å². The first-order valence-electron chi connectivity index (χ1n) is 7.83. The molecule has 1 aliphatic rings. The van der Waals surface area contributed by atoms with Gasteiger partial charge in [-0.25, -0.2) is 0 Å². The van der Waals surface area contributed by atoms with Gasteiger partial charge in [0.2, 0.25) is 5.91 Å². The fourth-order valence-electron chi connectivity index (χ4n) is 3.02. The maximum atomic E-state index is 11.8. The third-order valence-corrected chi connectivity index (χ3v) is 6.33. The highest BCUT2D eigenvalue weighted by Crippen LogP contribution is 2.45. The van der Waals surface area contributed by atoms with Crippen molar-refractivity contribution >= 4 is 33.8 Å². The van der Waals surface area contributed by atoms with E-state index in [9.17, 15) is 10.1 Å². The van der Waals surface area contributed by atoms with E-state index in [1.165, 1.54) is 4.88 Å². The minimum absolute atomic E-state index is 0.115. The molecule has 2 rings (SSSR count). The molecule has 1 atom stereocenters. The van der Waals surface area contributed by atoms with Crippen LogP contribution >= 0.6 is 22.9 Å². The predicted octanol–water partition coefficient (Wildman–Crippen LogP) is 4.73. The molecule has 0 fully saturated rings. The lowest BCUT2D eigenvalue weighted by atomic mass is 9.69. The van der Waals surface area contributed by atoms with Crippen molar-refractivity contribution in [2.45, 2.75) is 52.9 Å². The Balaban J connectivity index is 2.25. The molecule has 0 bridgehead atoms. The van der Waals surface area contributed by atoms with Crippen molar-refractivity contribution in [3.63, 3.8) is 0 Å². The number of fused-ring (bicyclic) bond motifs is 1. The Labute approximate surface area is 141 Å². The van der Waals surface area contributed by atoms with E-state index in [0.29, 0.717) is 27.8 Å². The number of halogens is 1. The molecular weight excluding hydrogens is 316 g/mol. The summed E-state index contributed by atoms with van der Waals surface area (Å²) >= 11 is 7.17. The number of carbonyl (C=O) groups is 1. The fourth-order valence-corrected chi connectivity index (χ4v) is 4.49. The topological polar surface area (TPSA) is 52.9 Å². The quantitative estimate of drug-likeness (QED) is 0.789. The van der Waals surface area contributed by atoms with E-state index >= 15 is 0 Å². The van der Waals surface area contributed by atoms with Gasteiger partial charge in [0.25, 0.3) is 0 Å². The predicted molar refractivity (Wildman–Crippen MR) is 92.6 cm³/mol. The largest absolute Gasteiger partial charge is 0.317 e. The molecule has 1 aromatic heterocycles. The van der Waals surface area contributed by atoms with Crippen molar-refractivity contribution in [2.24, 2.45) is 11.3 Å². The summed E-state index contributed by atoms with van der Waals surface area (Å²) in [6.07, 6.45) is 4.51. The zero-order valence-electron chi connectivity index (χ0n) is 13.5. The number of hydrogen-bond donors (Lipinski definition) is 1. The summed E-state index contributed by atoms with van der Waals surface area (Å²) < 4.78 is 0. The lowest BCUT2D eigenvalue weighted by molar-refractivity contribution is -0.115. The fraction of sp³-hybridized carbons (Fsp3) is 0.647. The highest BCUT2D eigenvalue weighted by molar-refractivity contribution is 7.16. The zero-order valence-corrected chi connectivity index (χ0v) is 15.0. The Bertz CT molecular complexity index is 601. The normalized spacial score (nSPS) is 17.7. The maximum absolute atomic E-state index is 11.8. The SMILES string of the molecule is CCC(C)(C)[C@@H]1CCc2c(sc(NC(=O)CCCl)c2C#N)C1. The molecule has 1 aromatic rings. The van der Waals surface area contributed by atoms with E-state index in [4.69, 9.17) is 11.6 Å². The van der Waals surface area contributed by atoms with E-state index in [2.05, 4.69) is 32.2 Å². The van der Waals surface area contributed by atoms with E-state index < -0.39 is 0 Å². The van der Waals surface area contributed by atoms with Crippen molar-refractivity contribution in [1.29, 1.82) is 5.26 Å². The lowest BCUT2D eigenvalue weighted by Gasteiger charge is -2.36. The minimum atomic E-state index is -0.115. The van der Waals surface area contributed by atoms with Gasteiger partial charge in [-0.3, -0.25) is 4.79 Å². The number of anilines is 1. The minimum Gasteiger partial charge on any atom is -0.317 e. The standard InChI is InChI=1S/C17H23ClN2OS/c1-4-17(2,3)11-5-6-12-13(10-19)16(22-14(12)9-11)20-15(21)7-8-18/h11H,4-9H2,1-3H3,(H,20,21)/t11-/m1/s1. The van der Waals surface area contributed by atoms with Gasteiger partial charge in [-0.2, -0.15) is 5.26 Å². The molecule has 0 saturated carbocycles. The zero-order chi connectivity index (χ0) is 16.3. The van der Waals surface area contributed by atoms with Gasteiger partial charge in [0, 0.05) is 17.2 Å². The van der Waals surface area contributed by atoms with Crippen LogP contribution in [0.4, 0.5) is 5.00 Å². The van der Waals surface area contributed by atoms with Crippen LogP contribution in [0.25, 0.3) is 0 Å². The molecule has 0 unspecified atom stereocenters. The van der Waals surface area contributed by atoms with Gasteiger partial charge in [-0.05, 0) is 36.2 Å². The van der Waals surface area contributed by atoms with E-state index in [1.54, 1.807) is 11.3 Å². The average Bonchev–Trinajstić information content (AvgIpc) is 2.83. The first-order chi connectivity index (χ1) is 10.4. The highest BCUT2D eigenvalue weighted by Gasteiger charge is 2.33. The molecule has 0 spiro atoms. The van der Waals surface area contributed by atoms with Crippen LogP contribution < -0.4 is 5.32 Å². The Kier molecular flexibility index (Phi) is 5.52. The second kappa shape index (κ2) is 7.02. The molecule has 3 nitrogen and oxygen atoms in total. The second-order valence-electron chi connectivity index (χ2n) is 6.59. The number of nitrogens with one attached hydrogen (secondary N) is 1. The Morgan fingerprint density at radius 2 is 2.27 bits per heavy atom. The maximum Gasteiger partial charge on any atom is 0.226 e. The molecule has 1 aliphatic carbocycles. The Morgan fingerprint density at radius 3 is 2.86 bits per heavy atom. The number of thiophene rings is 1. The van der Waals surface area contributed by atoms with Crippen LogP contribution in [0.5, 0.6) is 0 Å². The second-order valence-corrected chi connectivity index (χ2v) is 8.07. The molecule has 120 valence electrons. The van der Waals surface area contributed by atoms with Crippen LogP contribution in [0.1, 0.15) is 56.0 Å². The molecule has 1 N–H and O–H groups in total. The summed E-state index contributed by atoms with van der Waals surface area (Å²) in [5.74, 6) is 0.822. The summed E-state index contributed by atoms with van der Waals surface area (Å²) in [5, 5.41) is 13.0. The summed E-state index contributed by atoms with van der Waals surface area (Å²) in [5.41, 5.74) is 2.13. The van der Waals surface area contributed by atoms with Gasteiger partial charge in [-0.15, -0.1) is 22.9 Å². The summed E-state index contributed by atoms with van der Waals surface area (Å²) in [4.78, 5) is 13.0. The Hall–Kier alpha value is -1.05. The van der Waals surface area contributed by atoms with Crippen molar-refractivity contribution in [2.75, 3.05) is 11.2 Å². The van der Waals surface area contributed by atoms with Crippen LogP contribution in [0.2, 0.25) is 0 Å². The lowest BCUT2D eigenvalue weighted by Crippen LogP contribution is -2.28. The van der Waals surface area contributed by atoms with E-state index in [1.807, 2.05) is 0 Å². The molecule has 0 aliphatic heterocycles. The van der Waals surface area contributed by atoms with Crippen LogP contribution in [0.15, 0.2) is 0 Å². The molecule has 1 amide bonds. The van der Waals surface area contributed by atoms with Crippen molar-refractivity contribution in [1.82, 2.24) is 0 Å². The number of alkyl halides is 1. The number of rotatable bonds is 5. The molecule has 22 heavy (non-hydrogen) atoms. The summed E-state index contributed by atoms with van der Waals surface area (Å²) in [6.45, 7) is 6.89. The highest BCUT2D eigenvalue weighted by atomic mass is 35.5. The number of hydrogen-bond acceptors (Lipinski definition) is 3. The molecule has 0 aromatic carbocycles. The third kappa shape index (κ3) is 3.47. The molecule has 5 heteroatoms. The van der Waals surface area contributed by atoms with Crippen LogP contribution in [0.3, 0.4) is 0 Å². The van der Waals surface area contributed by atoms with Gasteiger partial charge >= 0.3 is 0 Å². The van der Waals surface area contributed by atoms with Gasteiger partial charge in [-0.1, -0.05) is 27.2 Å². The first kappa shape index (κ1) is 17.3. The third-order valence-electron chi connectivity index (χ3n) is 4.97. The van der Waals surface area contributed by atoms with Gasteiger partial charge in [0.15, 0.2) is 0 Å². The smallest absolute Gasteiger partial charge is 0.226 e. The molecule has 1 heterocycles. The Morgan fingerprint density at radius 1 is 1.55 bits per heavy atom. The van der Waals surface area contributed by atoms with Crippen LogP contribution in [-0.4, -0.2) is 11.8 Å². The molecule has 0 radical (unpaired) electrons. The summed E-state index contributed by atoms with van der Waals surface area (Å²) in [7, 11) is 0. The van der Waals surface area contributed by atoms with Crippen molar-refractivity contribution in [3.8, 4) is 6.07 Å². The number of nitriles is 1.